The summed E-state index contributed by atoms with van der Waals surface area (Å²) in [4.78, 5) is 34.9. The van der Waals surface area contributed by atoms with Crippen LogP contribution in [0, 0.1) is 11.3 Å². The zero-order valence-corrected chi connectivity index (χ0v) is 19.4. The van der Waals surface area contributed by atoms with E-state index in [0.29, 0.717) is 6.41 Å². The molecule has 0 N–H and O–H groups in total. The largest absolute Gasteiger partial charge is 0.441 e. The minimum absolute atomic E-state index is 0.264. The normalized spacial score (nSPS) is 12.8. The van der Waals surface area contributed by atoms with Gasteiger partial charge in [0.25, 0.3) is 0 Å². The molecular weight excluding hydrogens is 430 g/mol. The Bertz CT molecular complexity index is 1120. The molecule has 7 heteroatoms. The van der Waals surface area contributed by atoms with E-state index in [0.717, 1.165) is 21.9 Å². The minimum Gasteiger partial charge on any atom is -0.441 e. The lowest BCUT2D eigenvalue weighted by Crippen LogP contribution is -2.48. The first-order valence-electron chi connectivity index (χ1n) is 10.9. The van der Waals surface area contributed by atoms with Gasteiger partial charge in [-0.05, 0) is 50.6 Å². The molecule has 0 aliphatic rings. The van der Waals surface area contributed by atoms with Crippen LogP contribution in [0.15, 0.2) is 79.0 Å². The molecule has 7 nitrogen and oxygen atoms in total. The Morgan fingerprint density at radius 2 is 1.74 bits per heavy atom. The van der Waals surface area contributed by atoms with Crippen LogP contribution < -0.4 is 0 Å². The van der Waals surface area contributed by atoms with E-state index in [1.54, 1.807) is 51.2 Å². The highest BCUT2D eigenvalue weighted by atomic mass is 16.7. The standard InChI is InChI=1S/C27H27N3O4/c1-27(2,3)34-30(19-31)24(17-20-9-5-4-6-10-20)25(18-28)33-26(32)22-14-12-21(13-15-22)23-11-7-8-16-29-23/h4-16,19,24-25H,17H2,1-3H3/t24-,25+/m0/s1. The molecule has 0 saturated heterocycles. The number of aromatic nitrogens is 1. The molecule has 3 aromatic rings. The molecule has 0 fully saturated rings. The molecule has 2 atom stereocenters. The summed E-state index contributed by atoms with van der Waals surface area (Å²) >= 11 is 0. The summed E-state index contributed by atoms with van der Waals surface area (Å²) in [5.41, 5.74) is 2.09. The van der Waals surface area contributed by atoms with Crippen LogP contribution in [0.1, 0.15) is 36.7 Å². The summed E-state index contributed by atoms with van der Waals surface area (Å²) in [7, 11) is 0. The van der Waals surface area contributed by atoms with E-state index >= 15 is 0 Å². The molecule has 1 aromatic heterocycles. The Balaban J connectivity index is 1.82. The molecule has 1 heterocycles. The number of hydrogen-bond acceptors (Lipinski definition) is 6. The van der Waals surface area contributed by atoms with Crippen LogP contribution in [0.3, 0.4) is 0 Å². The van der Waals surface area contributed by atoms with E-state index in [4.69, 9.17) is 9.57 Å². The SMILES string of the molecule is CC(C)(C)ON(C=O)[C@@H](Cc1ccccc1)[C@@H](C#N)OC(=O)c1ccc(-c2ccccn2)cc1. The minimum atomic E-state index is -1.25. The molecule has 0 aliphatic carbocycles. The van der Waals surface area contributed by atoms with E-state index in [1.165, 1.54) is 0 Å². The number of rotatable bonds is 9. The summed E-state index contributed by atoms with van der Waals surface area (Å²) in [6.45, 7) is 5.37. The smallest absolute Gasteiger partial charge is 0.339 e. The zero-order chi connectivity index (χ0) is 24.6. The van der Waals surface area contributed by atoms with Crippen LogP contribution in [0.25, 0.3) is 11.3 Å². The number of carbonyl (C=O) groups excluding carboxylic acids is 2. The van der Waals surface area contributed by atoms with Crippen molar-refractivity contribution in [3.63, 3.8) is 0 Å². The molecule has 0 spiro atoms. The lowest BCUT2D eigenvalue weighted by Gasteiger charge is -2.34. The number of nitriles is 1. The van der Waals surface area contributed by atoms with E-state index in [-0.39, 0.29) is 12.0 Å². The van der Waals surface area contributed by atoms with E-state index in [1.807, 2.05) is 54.6 Å². The number of pyridine rings is 1. The first kappa shape index (κ1) is 24.6. The Morgan fingerprint density at radius 1 is 1.06 bits per heavy atom. The summed E-state index contributed by atoms with van der Waals surface area (Å²) in [6.07, 6.45) is 1.22. The number of esters is 1. The molecule has 0 radical (unpaired) electrons. The number of hydroxylamine groups is 2. The van der Waals surface area contributed by atoms with Crippen molar-refractivity contribution in [2.45, 2.75) is 44.9 Å². The number of nitrogens with zero attached hydrogens (tertiary/aromatic N) is 3. The predicted octanol–water partition coefficient (Wildman–Crippen LogP) is 4.60. The third-order valence-electron chi connectivity index (χ3n) is 4.89. The monoisotopic (exact) mass is 457 g/mol. The first-order valence-corrected chi connectivity index (χ1v) is 10.9. The van der Waals surface area contributed by atoms with Gasteiger partial charge < -0.3 is 4.74 Å². The molecule has 3 rings (SSSR count). The average Bonchev–Trinajstić information content (AvgIpc) is 2.85. The van der Waals surface area contributed by atoms with Crippen molar-refractivity contribution in [3.8, 4) is 17.3 Å². The predicted molar refractivity (Wildman–Crippen MR) is 127 cm³/mol. The molecule has 34 heavy (non-hydrogen) atoms. The number of carbonyl (C=O) groups is 2. The highest BCUT2D eigenvalue weighted by Crippen LogP contribution is 2.21. The van der Waals surface area contributed by atoms with Gasteiger partial charge in [0.05, 0.1) is 16.9 Å². The van der Waals surface area contributed by atoms with Gasteiger partial charge >= 0.3 is 5.97 Å². The maximum absolute atomic E-state index is 12.9. The van der Waals surface area contributed by atoms with Gasteiger partial charge in [-0.25, -0.2) is 9.86 Å². The summed E-state index contributed by atoms with van der Waals surface area (Å²) in [5.74, 6) is -0.668. The van der Waals surface area contributed by atoms with Crippen molar-refractivity contribution in [1.29, 1.82) is 5.26 Å². The Hall–Kier alpha value is -4.02. The Kier molecular flexibility index (Phi) is 8.12. The van der Waals surface area contributed by atoms with E-state index < -0.39 is 23.7 Å². The highest BCUT2D eigenvalue weighted by molar-refractivity contribution is 5.90. The van der Waals surface area contributed by atoms with Crippen molar-refractivity contribution >= 4 is 12.4 Å². The third kappa shape index (κ3) is 6.74. The van der Waals surface area contributed by atoms with Crippen LogP contribution in [0.4, 0.5) is 0 Å². The summed E-state index contributed by atoms with van der Waals surface area (Å²) in [6, 6.07) is 22.9. The maximum Gasteiger partial charge on any atom is 0.339 e. The number of ether oxygens (including phenoxy) is 1. The fourth-order valence-electron chi connectivity index (χ4n) is 3.35. The van der Waals surface area contributed by atoms with Crippen molar-refractivity contribution in [2.75, 3.05) is 0 Å². The second-order valence-electron chi connectivity index (χ2n) is 8.67. The van der Waals surface area contributed by atoms with E-state index in [9.17, 15) is 14.9 Å². The third-order valence-corrected chi connectivity index (χ3v) is 4.89. The van der Waals surface area contributed by atoms with Gasteiger partial charge in [-0.3, -0.25) is 14.6 Å². The van der Waals surface area contributed by atoms with Crippen molar-refractivity contribution in [1.82, 2.24) is 10.0 Å². The molecule has 1 amide bonds. The average molecular weight is 458 g/mol. The molecule has 0 aliphatic heterocycles. The Labute approximate surface area is 199 Å². The summed E-state index contributed by atoms with van der Waals surface area (Å²) in [5, 5.41) is 10.9. The molecule has 0 saturated carbocycles. The molecule has 2 aromatic carbocycles. The van der Waals surface area contributed by atoms with Gasteiger partial charge in [0.2, 0.25) is 12.5 Å². The van der Waals surface area contributed by atoms with Crippen LogP contribution in [0.2, 0.25) is 0 Å². The maximum atomic E-state index is 12.9. The van der Waals surface area contributed by atoms with Gasteiger partial charge in [0.1, 0.15) is 12.1 Å². The van der Waals surface area contributed by atoms with Gasteiger partial charge in [-0.1, -0.05) is 48.5 Å². The highest BCUT2D eigenvalue weighted by Gasteiger charge is 2.34. The van der Waals surface area contributed by atoms with Gasteiger partial charge in [0, 0.05) is 18.2 Å². The second-order valence-corrected chi connectivity index (χ2v) is 8.67. The topological polar surface area (TPSA) is 92.5 Å². The Morgan fingerprint density at radius 3 is 2.29 bits per heavy atom. The van der Waals surface area contributed by atoms with Gasteiger partial charge in [-0.2, -0.15) is 5.26 Å². The molecule has 174 valence electrons. The van der Waals surface area contributed by atoms with Crippen LogP contribution >= 0.6 is 0 Å². The number of benzene rings is 2. The lowest BCUT2D eigenvalue weighted by molar-refractivity contribution is -0.239. The second kappa shape index (κ2) is 11.2. The number of hydrogen-bond donors (Lipinski definition) is 0. The molecular formula is C27H27N3O4. The first-order chi connectivity index (χ1) is 16.3. The molecule has 0 unspecified atom stereocenters. The lowest BCUT2D eigenvalue weighted by atomic mass is 10.0. The molecule has 0 bridgehead atoms. The number of amides is 1. The fourth-order valence-corrected chi connectivity index (χ4v) is 3.35. The van der Waals surface area contributed by atoms with Gasteiger partial charge in [-0.15, -0.1) is 0 Å². The summed E-state index contributed by atoms with van der Waals surface area (Å²) < 4.78 is 5.57. The quantitative estimate of drug-likeness (QED) is 0.265. The van der Waals surface area contributed by atoms with Crippen LogP contribution in [-0.2, 0) is 20.8 Å². The van der Waals surface area contributed by atoms with Crippen LogP contribution in [0.5, 0.6) is 0 Å². The van der Waals surface area contributed by atoms with Crippen molar-refractivity contribution < 1.29 is 19.2 Å². The zero-order valence-electron chi connectivity index (χ0n) is 19.4. The van der Waals surface area contributed by atoms with Crippen molar-refractivity contribution in [2.24, 2.45) is 0 Å². The fraction of sp³-hybridized carbons (Fsp3) is 0.259. The van der Waals surface area contributed by atoms with E-state index in [2.05, 4.69) is 4.98 Å². The van der Waals surface area contributed by atoms with Crippen LogP contribution in [-0.4, -0.2) is 40.2 Å². The van der Waals surface area contributed by atoms with Crippen molar-refractivity contribution in [3.05, 3.63) is 90.1 Å². The van der Waals surface area contributed by atoms with Gasteiger partial charge in [0.15, 0.2) is 0 Å².